The van der Waals surface area contributed by atoms with Gasteiger partial charge in [-0.2, -0.15) is 0 Å². The Labute approximate surface area is 304 Å². The van der Waals surface area contributed by atoms with Gasteiger partial charge in [-0.3, -0.25) is 9.59 Å². The molecule has 0 aliphatic rings. The predicted molar refractivity (Wildman–Crippen MR) is 211 cm³/mol. The third-order valence-corrected chi connectivity index (χ3v) is 9.78. The number of carbonyl (C=O) groups is 2. The summed E-state index contributed by atoms with van der Waals surface area (Å²) in [5.74, 6) is -0.257. The Morgan fingerprint density at radius 1 is 0.429 bits per heavy atom. The van der Waals surface area contributed by atoms with Crippen LogP contribution >= 0.6 is 0 Å². The van der Waals surface area contributed by atoms with E-state index in [0.717, 1.165) is 51.4 Å². The van der Waals surface area contributed by atoms with E-state index in [1.165, 1.54) is 116 Å². The van der Waals surface area contributed by atoms with Crippen LogP contribution in [-0.2, 0) is 9.59 Å². The van der Waals surface area contributed by atoms with Crippen LogP contribution in [0.3, 0.4) is 0 Å². The van der Waals surface area contributed by atoms with Crippen LogP contribution in [0.2, 0.25) is 0 Å². The average molecular weight is 691 g/mol. The maximum absolute atomic E-state index is 12.8. The highest BCUT2D eigenvalue weighted by Crippen LogP contribution is 2.17. The van der Waals surface area contributed by atoms with Gasteiger partial charge in [0, 0.05) is 38.1 Å². The van der Waals surface area contributed by atoms with Gasteiger partial charge in [-0.15, -0.1) is 0 Å². The molecule has 0 saturated heterocycles. The Hall–Kier alpha value is -1.66. The molecule has 0 spiro atoms. The SMILES string of the molecule is CCCCCCCC/C=C\CCCCCCC(CCO)C(=O)NCCCNC(=O)C(CCO)CCCCCC/C=C\CCCCCCCC. The van der Waals surface area contributed by atoms with Crippen molar-refractivity contribution in [1.29, 1.82) is 0 Å². The van der Waals surface area contributed by atoms with Gasteiger partial charge >= 0.3 is 0 Å². The smallest absolute Gasteiger partial charge is 0.223 e. The molecule has 2 amide bonds. The summed E-state index contributed by atoms with van der Waals surface area (Å²) in [6.45, 7) is 5.61. The summed E-state index contributed by atoms with van der Waals surface area (Å²) in [4.78, 5) is 25.5. The number of carbonyl (C=O) groups excluding carboxylic acids is 2. The fourth-order valence-electron chi connectivity index (χ4n) is 6.49. The Balaban J connectivity index is 3.94. The van der Waals surface area contributed by atoms with Gasteiger partial charge in [0.25, 0.3) is 0 Å². The van der Waals surface area contributed by atoms with E-state index in [4.69, 9.17) is 0 Å². The van der Waals surface area contributed by atoms with Crippen molar-refractivity contribution in [1.82, 2.24) is 10.6 Å². The lowest BCUT2D eigenvalue weighted by Gasteiger charge is -2.17. The summed E-state index contributed by atoms with van der Waals surface area (Å²) < 4.78 is 0. The van der Waals surface area contributed by atoms with Crippen LogP contribution in [0.1, 0.15) is 200 Å². The molecule has 0 heterocycles. The van der Waals surface area contributed by atoms with Crippen molar-refractivity contribution in [3.05, 3.63) is 24.3 Å². The van der Waals surface area contributed by atoms with Crippen molar-refractivity contribution in [2.45, 2.75) is 200 Å². The predicted octanol–water partition coefficient (Wildman–Crippen LogP) is 10.9. The molecule has 0 saturated carbocycles. The van der Waals surface area contributed by atoms with E-state index in [1.54, 1.807) is 0 Å². The molecule has 2 unspecified atom stereocenters. The van der Waals surface area contributed by atoms with Crippen molar-refractivity contribution in [2.24, 2.45) is 11.8 Å². The Kier molecular flexibility index (Phi) is 37.8. The highest BCUT2D eigenvalue weighted by molar-refractivity contribution is 5.79. The molecular formula is C43H82N2O4. The minimum absolute atomic E-state index is 0.0180. The number of hydrogen-bond acceptors (Lipinski definition) is 4. The van der Waals surface area contributed by atoms with Gasteiger partial charge in [0.1, 0.15) is 0 Å². The van der Waals surface area contributed by atoms with E-state index < -0.39 is 0 Å². The summed E-state index contributed by atoms with van der Waals surface area (Å²) >= 11 is 0. The number of hydrogen-bond donors (Lipinski definition) is 4. The molecule has 0 rings (SSSR count). The molecule has 4 N–H and O–H groups in total. The van der Waals surface area contributed by atoms with E-state index in [2.05, 4.69) is 48.8 Å². The van der Waals surface area contributed by atoms with Gasteiger partial charge in [0.15, 0.2) is 0 Å². The molecule has 288 valence electrons. The molecule has 0 aromatic heterocycles. The van der Waals surface area contributed by atoms with E-state index in [-0.39, 0.29) is 36.9 Å². The minimum Gasteiger partial charge on any atom is -0.396 e. The number of aliphatic hydroxyl groups excluding tert-OH is 2. The third-order valence-electron chi connectivity index (χ3n) is 9.78. The van der Waals surface area contributed by atoms with Crippen LogP contribution < -0.4 is 10.6 Å². The molecule has 0 aliphatic carbocycles. The second-order valence-corrected chi connectivity index (χ2v) is 14.4. The normalized spacial score (nSPS) is 13.0. The lowest BCUT2D eigenvalue weighted by atomic mass is 9.96. The molecular weight excluding hydrogens is 608 g/mol. The average Bonchev–Trinajstić information content (AvgIpc) is 3.10. The van der Waals surface area contributed by atoms with Crippen LogP contribution in [0.5, 0.6) is 0 Å². The number of amides is 2. The lowest BCUT2D eigenvalue weighted by Crippen LogP contribution is -2.36. The fourth-order valence-corrected chi connectivity index (χ4v) is 6.49. The monoisotopic (exact) mass is 691 g/mol. The van der Waals surface area contributed by atoms with Crippen molar-refractivity contribution >= 4 is 11.8 Å². The maximum atomic E-state index is 12.8. The first-order valence-corrected chi connectivity index (χ1v) is 21.2. The number of allylic oxidation sites excluding steroid dienone is 4. The van der Waals surface area contributed by atoms with Crippen molar-refractivity contribution in [3.63, 3.8) is 0 Å². The molecule has 6 heteroatoms. The van der Waals surface area contributed by atoms with Gasteiger partial charge in [-0.1, -0.05) is 141 Å². The van der Waals surface area contributed by atoms with Crippen LogP contribution in [0.25, 0.3) is 0 Å². The first-order chi connectivity index (χ1) is 24.1. The summed E-state index contributed by atoms with van der Waals surface area (Å²) in [5.41, 5.74) is 0. The van der Waals surface area contributed by atoms with E-state index >= 15 is 0 Å². The Bertz CT molecular complexity index is 707. The van der Waals surface area contributed by atoms with Gasteiger partial charge in [-0.25, -0.2) is 0 Å². The zero-order valence-electron chi connectivity index (χ0n) is 32.5. The topological polar surface area (TPSA) is 98.7 Å². The number of rotatable bonds is 38. The van der Waals surface area contributed by atoms with Crippen molar-refractivity contribution in [2.75, 3.05) is 26.3 Å². The van der Waals surface area contributed by atoms with Crippen LogP contribution in [-0.4, -0.2) is 48.3 Å². The van der Waals surface area contributed by atoms with Crippen LogP contribution in [0.4, 0.5) is 0 Å². The lowest BCUT2D eigenvalue weighted by molar-refractivity contribution is -0.126. The second-order valence-electron chi connectivity index (χ2n) is 14.4. The van der Waals surface area contributed by atoms with Gasteiger partial charge < -0.3 is 20.8 Å². The van der Waals surface area contributed by atoms with Crippen LogP contribution in [0.15, 0.2) is 24.3 Å². The third kappa shape index (κ3) is 33.3. The zero-order chi connectivity index (χ0) is 35.9. The fraction of sp³-hybridized carbons (Fsp3) is 0.860. The molecule has 2 atom stereocenters. The molecule has 6 nitrogen and oxygen atoms in total. The summed E-state index contributed by atoms with van der Waals surface area (Å²) in [6.07, 6.45) is 42.6. The molecule has 0 aromatic rings. The molecule has 49 heavy (non-hydrogen) atoms. The molecule has 0 radical (unpaired) electrons. The summed E-state index contributed by atoms with van der Waals surface area (Å²) in [7, 11) is 0. The molecule has 0 aliphatic heterocycles. The maximum Gasteiger partial charge on any atom is 0.223 e. The second kappa shape index (κ2) is 39.1. The van der Waals surface area contributed by atoms with Crippen molar-refractivity contribution < 1.29 is 19.8 Å². The quantitative estimate of drug-likeness (QED) is 0.0383. The van der Waals surface area contributed by atoms with E-state index in [9.17, 15) is 19.8 Å². The highest BCUT2D eigenvalue weighted by atomic mass is 16.3. The number of nitrogens with one attached hydrogen (secondary N) is 2. The molecule has 0 fully saturated rings. The first kappa shape index (κ1) is 47.3. The van der Waals surface area contributed by atoms with Crippen molar-refractivity contribution in [3.8, 4) is 0 Å². The number of unbranched alkanes of at least 4 members (excludes halogenated alkanes) is 20. The zero-order valence-corrected chi connectivity index (χ0v) is 32.5. The minimum atomic E-state index is -0.146. The first-order valence-electron chi connectivity index (χ1n) is 21.2. The van der Waals surface area contributed by atoms with Gasteiger partial charge in [-0.05, 0) is 83.5 Å². The Morgan fingerprint density at radius 2 is 0.735 bits per heavy atom. The van der Waals surface area contributed by atoms with E-state index in [1.807, 2.05) is 0 Å². The molecule has 0 aromatic carbocycles. The van der Waals surface area contributed by atoms with Gasteiger partial charge in [0.05, 0.1) is 0 Å². The van der Waals surface area contributed by atoms with Crippen LogP contribution in [0, 0.1) is 11.8 Å². The van der Waals surface area contributed by atoms with E-state index in [0.29, 0.717) is 32.4 Å². The van der Waals surface area contributed by atoms with Gasteiger partial charge in [0.2, 0.25) is 11.8 Å². The summed E-state index contributed by atoms with van der Waals surface area (Å²) in [6, 6.07) is 0. The Morgan fingerprint density at radius 3 is 1.06 bits per heavy atom. The number of aliphatic hydroxyl groups is 2. The standard InChI is InChI=1S/C43H82N2O4/c1-3-5-7-9-11-13-15-17-19-21-23-25-27-29-32-40(34-38-46)42(48)44-36-31-37-45-43(49)41(35-39-47)33-30-28-26-24-22-20-18-16-14-12-10-8-6-4-2/h17-20,40-41,46-47H,3-16,21-39H2,1-2H3,(H,44,48)(H,45,49)/b19-17-,20-18-. The summed E-state index contributed by atoms with van der Waals surface area (Å²) in [5, 5.41) is 25.0. The largest absolute Gasteiger partial charge is 0.396 e. The molecule has 0 bridgehead atoms. The highest BCUT2D eigenvalue weighted by Gasteiger charge is 2.18.